The van der Waals surface area contributed by atoms with E-state index in [1.54, 1.807) is 0 Å². The maximum Gasteiger partial charge on any atom is 0.123 e. The van der Waals surface area contributed by atoms with Gasteiger partial charge in [-0.2, -0.15) is 0 Å². The van der Waals surface area contributed by atoms with Gasteiger partial charge in [0, 0.05) is 36.1 Å². The highest BCUT2D eigenvalue weighted by Gasteiger charge is 2.14. The van der Waals surface area contributed by atoms with E-state index in [1.165, 1.54) is 0 Å². The number of ether oxygens (including phenoxy) is 1. The number of nitrogens with one attached hydrogen (secondary N) is 1. The summed E-state index contributed by atoms with van der Waals surface area (Å²) in [5.41, 5.74) is 7.65. The van der Waals surface area contributed by atoms with Crippen LogP contribution in [0.25, 0.3) is 0 Å². The van der Waals surface area contributed by atoms with Gasteiger partial charge in [-0.1, -0.05) is 13.8 Å². The molecule has 108 valence electrons. The number of nitrogens with two attached hydrogens (primary N) is 1. The van der Waals surface area contributed by atoms with Crippen LogP contribution >= 0.6 is 0 Å². The van der Waals surface area contributed by atoms with Gasteiger partial charge in [0.2, 0.25) is 0 Å². The predicted molar refractivity (Wildman–Crippen MR) is 82.8 cm³/mol. The van der Waals surface area contributed by atoms with Crippen LogP contribution in [0.2, 0.25) is 0 Å². The molecule has 0 spiro atoms. The van der Waals surface area contributed by atoms with Crippen molar-refractivity contribution in [2.24, 2.45) is 5.92 Å². The summed E-state index contributed by atoms with van der Waals surface area (Å²) in [6.07, 6.45) is 0. The zero-order valence-electron chi connectivity index (χ0n) is 12.7. The summed E-state index contributed by atoms with van der Waals surface area (Å²) in [5.74, 6) is 1.36. The largest absolute Gasteiger partial charge is 0.494 e. The SMILES string of the molecule is CCOc1cc(N)cc(NC(CN(C)C)C(C)C)c1. The molecule has 0 aliphatic heterocycles. The molecule has 0 radical (unpaired) electrons. The van der Waals surface area contributed by atoms with Crippen LogP contribution < -0.4 is 15.8 Å². The van der Waals surface area contributed by atoms with E-state index in [0.29, 0.717) is 18.6 Å². The number of hydrogen-bond donors (Lipinski definition) is 2. The first-order valence-electron chi connectivity index (χ1n) is 6.87. The van der Waals surface area contributed by atoms with Crippen molar-refractivity contribution in [1.29, 1.82) is 0 Å². The molecule has 3 N–H and O–H groups in total. The van der Waals surface area contributed by atoms with E-state index < -0.39 is 0 Å². The Bertz CT molecular complexity index is 391. The number of nitrogen functional groups attached to an aromatic ring is 1. The molecule has 4 heteroatoms. The number of hydrogen-bond acceptors (Lipinski definition) is 4. The van der Waals surface area contributed by atoms with Crippen molar-refractivity contribution >= 4 is 11.4 Å². The average molecular weight is 265 g/mol. The minimum absolute atomic E-state index is 0.381. The van der Waals surface area contributed by atoms with Crippen LogP contribution in [-0.2, 0) is 0 Å². The van der Waals surface area contributed by atoms with E-state index in [4.69, 9.17) is 10.5 Å². The van der Waals surface area contributed by atoms with E-state index >= 15 is 0 Å². The van der Waals surface area contributed by atoms with Gasteiger partial charge in [0.05, 0.1) is 6.61 Å². The predicted octanol–water partition coefficient (Wildman–Crippen LogP) is 2.67. The van der Waals surface area contributed by atoms with Crippen molar-refractivity contribution < 1.29 is 4.74 Å². The van der Waals surface area contributed by atoms with Crippen molar-refractivity contribution in [2.45, 2.75) is 26.8 Å². The first-order valence-corrected chi connectivity index (χ1v) is 6.87. The standard InChI is InChI=1S/C15H27N3O/c1-6-19-14-8-12(16)7-13(9-14)17-15(11(2)3)10-18(4)5/h7-9,11,15,17H,6,10,16H2,1-5H3. The molecule has 0 aliphatic carbocycles. The summed E-state index contributed by atoms with van der Waals surface area (Å²) in [5, 5.41) is 3.55. The lowest BCUT2D eigenvalue weighted by atomic mass is 10.0. The second-order valence-electron chi connectivity index (χ2n) is 5.48. The summed E-state index contributed by atoms with van der Waals surface area (Å²) < 4.78 is 5.52. The van der Waals surface area contributed by atoms with Gasteiger partial charge in [-0.05, 0) is 33.0 Å². The lowest BCUT2D eigenvalue weighted by molar-refractivity contribution is 0.339. The van der Waals surface area contributed by atoms with Crippen LogP contribution in [0.1, 0.15) is 20.8 Å². The maximum atomic E-state index is 5.91. The second-order valence-corrected chi connectivity index (χ2v) is 5.48. The topological polar surface area (TPSA) is 50.5 Å². The molecule has 0 saturated carbocycles. The fourth-order valence-corrected chi connectivity index (χ4v) is 1.99. The third kappa shape index (κ3) is 5.39. The van der Waals surface area contributed by atoms with Gasteiger partial charge >= 0.3 is 0 Å². The number of benzene rings is 1. The Hall–Kier alpha value is -1.42. The number of nitrogens with zero attached hydrogens (tertiary/aromatic N) is 1. The number of likely N-dealkylation sites (N-methyl/N-ethyl adjacent to an activating group) is 1. The molecule has 0 amide bonds. The minimum atomic E-state index is 0.381. The van der Waals surface area contributed by atoms with Gasteiger partial charge in [-0.15, -0.1) is 0 Å². The zero-order chi connectivity index (χ0) is 14.4. The van der Waals surface area contributed by atoms with Crippen molar-refractivity contribution in [2.75, 3.05) is 38.3 Å². The van der Waals surface area contributed by atoms with E-state index in [1.807, 2.05) is 25.1 Å². The fraction of sp³-hybridized carbons (Fsp3) is 0.600. The molecule has 0 saturated heterocycles. The lowest BCUT2D eigenvalue weighted by Gasteiger charge is -2.27. The average Bonchev–Trinajstić information content (AvgIpc) is 2.27. The van der Waals surface area contributed by atoms with Crippen LogP contribution in [0.3, 0.4) is 0 Å². The van der Waals surface area contributed by atoms with Gasteiger partial charge in [0.1, 0.15) is 5.75 Å². The molecular weight excluding hydrogens is 238 g/mol. The highest BCUT2D eigenvalue weighted by molar-refractivity contribution is 5.59. The minimum Gasteiger partial charge on any atom is -0.494 e. The molecule has 0 fully saturated rings. The summed E-state index contributed by atoms with van der Waals surface area (Å²) in [7, 11) is 4.17. The first-order chi connectivity index (χ1) is 8.92. The Morgan fingerprint density at radius 1 is 1.26 bits per heavy atom. The van der Waals surface area contributed by atoms with Gasteiger partial charge in [-0.3, -0.25) is 0 Å². The second kappa shape index (κ2) is 7.24. The van der Waals surface area contributed by atoms with Crippen LogP contribution in [0.4, 0.5) is 11.4 Å². The van der Waals surface area contributed by atoms with Gasteiger partial charge in [0.15, 0.2) is 0 Å². The Morgan fingerprint density at radius 2 is 1.95 bits per heavy atom. The fourth-order valence-electron chi connectivity index (χ4n) is 1.99. The molecular formula is C15H27N3O. The number of anilines is 2. The van der Waals surface area contributed by atoms with E-state index in [0.717, 1.165) is 23.7 Å². The maximum absolute atomic E-state index is 5.91. The van der Waals surface area contributed by atoms with Crippen molar-refractivity contribution in [1.82, 2.24) is 4.90 Å². The Morgan fingerprint density at radius 3 is 2.47 bits per heavy atom. The third-order valence-corrected chi connectivity index (χ3v) is 2.96. The molecule has 4 nitrogen and oxygen atoms in total. The Labute approximate surface area is 116 Å². The molecule has 0 heterocycles. The first kappa shape index (κ1) is 15.6. The van der Waals surface area contributed by atoms with E-state index in [2.05, 4.69) is 38.2 Å². The molecule has 1 unspecified atom stereocenters. The van der Waals surface area contributed by atoms with Crippen LogP contribution in [0.5, 0.6) is 5.75 Å². The summed E-state index contributed by atoms with van der Waals surface area (Å²) in [6.45, 7) is 8.04. The molecule has 1 aromatic rings. The summed E-state index contributed by atoms with van der Waals surface area (Å²) >= 11 is 0. The van der Waals surface area contributed by atoms with E-state index in [9.17, 15) is 0 Å². The normalized spacial score (nSPS) is 12.8. The highest BCUT2D eigenvalue weighted by atomic mass is 16.5. The number of rotatable bonds is 7. The summed E-state index contributed by atoms with van der Waals surface area (Å²) in [6, 6.07) is 6.19. The highest BCUT2D eigenvalue weighted by Crippen LogP contribution is 2.24. The van der Waals surface area contributed by atoms with E-state index in [-0.39, 0.29) is 0 Å². The smallest absolute Gasteiger partial charge is 0.123 e. The van der Waals surface area contributed by atoms with Crippen LogP contribution in [0, 0.1) is 5.92 Å². The molecule has 0 aromatic heterocycles. The summed E-state index contributed by atoms with van der Waals surface area (Å²) in [4.78, 5) is 2.19. The van der Waals surface area contributed by atoms with Gasteiger partial charge in [-0.25, -0.2) is 0 Å². The van der Waals surface area contributed by atoms with Crippen molar-refractivity contribution in [3.05, 3.63) is 18.2 Å². The van der Waals surface area contributed by atoms with Crippen molar-refractivity contribution in [3.63, 3.8) is 0 Å². The lowest BCUT2D eigenvalue weighted by Crippen LogP contribution is -2.36. The zero-order valence-corrected chi connectivity index (χ0v) is 12.7. The molecule has 1 rings (SSSR count). The third-order valence-electron chi connectivity index (χ3n) is 2.96. The molecule has 1 atom stereocenters. The Kier molecular flexibility index (Phi) is 5.96. The van der Waals surface area contributed by atoms with Gasteiger partial charge in [0.25, 0.3) is 0 Å². The molecule has 1 aromatic carbocycles. The molecule has 0 bridgehead atoms. The molecule has 0 aliphatic rings. The quantitative estimate of drug-likeness (QED) is 0.744. The van der Waals surface area contributed by atoms with Crippen LogP contribution in [-0.4, -0.2) is 38.2 Å². The van der Waals surface area contributed by atoms with Crippen LogP contribution in [0.15, 0.2) is 18.2 Å². The monoisotopic (exact) mass is 265 g/mol. The Balaban J connectivity index is 2.83. The molecule has 19 heavy (non-hydrogen) atoms. The van der Waals surface area contributed by atoms with Gasteiger partial charge < -0.3 is 20.7 Å². The van der Waals surface area contributed by atoms with Crippen molar-refractivity contribution in [3.8, 4) is 5.75 Å².